The van der Waals surface area contributed by atoms with Gasteiger partial charge in [0.05, 0.1) is 6.54 Å². The van der Waals surface area contributed by atoms with Gasteiger partial charge in [-0.25, -0.2) is 4.99 Å². The maximum Gasteiger partial charge on any atom is 0.163 e. The van der Waals surface area contributed by atoms with Gasteiger partial charge in [0.2, 0.25) is 0 Å². The first-order valence-electron chi connectivity index (χ1n) is 11.2. The quantitative estimate of drug-likeness (QED) is 0.483. The second-order valence-electron chi connectivity index (χ2n) is 7.94. The Bertz CT molecular complexity index is 949. The van der Waals surface area contributed by atoms with E-state index in [2.05, 4.69) is 132 Å². The zero-order valence-electron chi connectivity index (χ0n) is 18.3. The first-order valence-corrected chi connectivity index (χ1v) is 11.2. The molecule has 1 heterocycles. The SMILES string of the molecule is C1=CNCC[NH+]=C1.c1ccc([B-](c2ccccc2)(c2ccccc2)c2ccccc2)cc1. The standard InChI is InChI=1S/C24H20B.C5H8N2/c1-5-13-21(14-6-1)25(22-15-7-2-8-16-22,23-17-9-3-10-18-23)24-19-11-4-12-20-24;1-2-6-4-5-7-3-1/h1-20H;1-3,6H,4-5H2/q-1;/p+1. The minimum atomic E-state index is -1.22. The van der Waals surface area contributed by atoms with E-state index in [1.54, 1.807) is 0 Å². The second kappa shape index (κ2) is 11.0. The van der Waals surface area contributed by atoms with Gasteiger partial charge in [0.1, 0.15) is 6.15 Å². The van der Waals surface area contributed by atoms with E-state index in [1.165, 1.54) is 21.9 Å². The summed E-state index contributed by atoms with van der Waals surface area (Å²) in [6.45, 7) is 2.04. The zero-order chi connectivity index (χ0) is 21.9. The lowest BCUT2D eigenvalue weighted by molar-refractivity contribution is -0.447. The minimum Gasteiger partial charge on any atom is -0.384 e. The molecule has 158 valence electrons. The van der Waals surface area contributed by atoms with Crippen LogP contribution in [-0.2, 0) is 0 Å². The molecule has 32 heavy (non-hydrogen) atoms. The van der Waals surface area contributed by atoms with Crippen molar-refractivity contribution in [2.45, 2.75) is 0 Å². The molecule has 0 unspecified atom stereocenters. The molecule has 0 amide bonds. The van der Waals surface area contributed by atoms with Gasteiger partial charge in [-0.2, -0.15) is 21.9 Å². The van der Waals surface area contributed by atoms with E-state index in [-0.39, 0.29) is 0 Å². The second-order valence-corrected chi connectivity index (χ2v) is 7.94. The number of benzene rings is 4. The maximum absolute atomic E-state index is 3.07. The van der Waals surface area contributed by atoms with Crippen LogP contribution in [0.25, 0.3) is 0 Å². The van der Waals surface area contributed by atoms with Crippen molar-refractivity contribution in [1.29, 1.82) is 0 Å². The summed E-state index contributed by atoms with van der Waals surface area (Å²) in [5.74, 6) is 0. The van der Waals surface area contributed by atoms with E-state index in [1.807, 2.05) is 18.5 Å². The van der Waals surface area contributed by atoms with E-state index in [9.17, 15) is 0 Å². The van der Waals surface area contributed by atoms with Crippen LogP contribution < -0.4 is 32.2 Å². The topological polar surface area (TPSA) is 26.0 Å². The fourth-order valence-corrected chi connectivity index (χ4v) is 4.62. The zero-order valence-corrected chi connectivity index (χ0v) is 18.3. The highest BCUT2D eigenvalue weighted by Crippen LogP contribution is 2.09. The number of nitrogens with one attached hydrogen (secondary N) is 2. The summed E-state index contributed by atoms with van der Waals surface area (Å²) >= 11 is 0. The van der Waals surface area contributed by atoms with Crippen molar-refractivity contribution in [2.75, 3.05) is 13.1 Å². The van der Waals surface area contributed by atoms with Crippen LogP contribution >= 0.6 is 0 Å². The molecule has 0 aromatic heterocycles. The van der Waals surface area contributed by atoms with Gasteiger partial charge in [0.25, 0.3) is 0 Å². The normalized spacial score (nSPS) is 12.8. The molecule has 4 aromatic carbocycles. The smallest absolute Gasteiger partial charge is 0.163 e. The molecule has 2 nitrogen and oxygen atoms in total. The minimum absolute atomic E-state index is 1.02. The molecule has 1 aliphatic heterocycles. The van der Waals surface area contributed by atoms with Crippen LogP contribution in [0.2, 0.25) is 0 Å². The third-order valence-electron chi connectivity index (χ3n) is 6.04. The molecule has 5 rings (SSSR count). The molecule has 0 fully saturated rings. The van der Waals surface area contributed by atoms with Gasteiger partial charge < -0.3 is 5.32 Å². The summed E-state index contributed by atoms with van der Waals surface area (Å²) in [5.41, 5.74) is 5.36. The van der Waals surface area contributed by atoms with Crippen LogP contribution in [0.1, 0.15) is 0 Å². The fraction of sp³-hybridized carbons (Fsp3) is 0.0690. The largest absolute Gasteiger partial charge is 0.384 e. The number of hydrogen-bond donors (Lipinski definition) is 2. The highest BCUT2D eigenvalue weighted by Gasteiger charge is 2.30. The Hall–Kier alpha value is -3.85. The molecule has 0 atom stereocenters. The molecule has 0 saturated heterocycles. The summed E-state index contributed by atoms with van der Waals surface area (Å²) in [7, 11) is 0. The van der Waals surface area contributed by atoms with Gasteiger partial charge in [-0.05, 0) is 0 Å². The van der Waals surface area contributed by atoms with Crippen molar-refractivity contribution < 1.29 is 4.99 Å². The Kier molecular flexibility index (Phi) is 7.33. The average molecular weight is 416 g/mol. The van der Waals surface area contributed by atoms with Gasteiger partial charge >= 0.3 is 0 Å². The number of hydrogen-bond acceptors (Lipinski definition) is 1. The Morgan fingerprint density at radius 2 is 0.906 bits per heavy atom. The molecule has 3 heteroatoms. The summed E-state index contributed by atoms with van der Waals surface area (Å²) in [4.78, 5) is 3.07. The van der Waals surface area contributed by atoms with Gasteiger partial charge in [-0.3, -0.25) is 0 Å². The maximum atomic E-state index is 3.07. The van der Waals surface area contributed by atoms with Crippen molar-refractivity contribution in [3.8, 4) is 0 Å². The number of rotatable bonds is 4. The van der Waals surface area contributed by atoms with Gasteiger partial charge in [0, 0.05) is 12.3 Å². The summed E-state index contributed by atoms with van der Waals surface area (Å²) in [5, 5.41) is 3.07. The fourth-order valence-electron chi connectivity index (χ4n) is 4.62. The molecule has 0 spiro atoms. The molecule has 0 bridgehead atoms. The average Bonchev–Trinajstić information content (AvgIpc) is 3.21. The van der Waals surface area contributed by atoms with Crippen molar-refractivity contribution in [3.63, 3.8) is 0 Å². The van der Waals surface area contributed by atoms with Crippen LogP contribution in [0.5, 0.6) is 0 Å². The van der Waals surface area contributed by atoms with Crippen LogP contribution in [0.15, 0.2) is 134 Å². The molecule has 0 saturated carbocycles. The summed E-state index contributed by atoms with van der Waals surface area (Å²) < 4.78 is 0. The lowest BCUT2D eigenvalue weighted by Crippen LogP contribution is -2.74. The van der Waals surface area contributed by atoms with Crippen LogP contribution in [-0.4, -0.2) is 25.5 Å². The van der Waals surface area contributed by atoms with Gasteiger partial charge in [-0.1, -0.05) is 121 Å². The van der Waals surface area contributed by atoms with Crippen molar-refractivity contribution in [3.05, 3.63) is 134 Å². The Labute approximate surface area is 191 Å². The molecular weight excluding hydrogens is 387 g/mol. The lowest BCUT2D eigenvalue weighted by atomic mass is 9.13. The van der Waals surface area contributed by atoms with Gasteiger partial charge in [0.15, 0.2) is 12.8 Å². The van der Waals surface area contributed by atoms with Crippen molar-refractivity contribution in [1.82, 2.24) is 5.32 Å². The highest BCUT2D eigenvalue weighted by molar-refractivity contribution is 7.19. The summed E-state index contributed by atoms with van der Waals surface area (Å²) in [6, 6.07) is 43.5. The third kappa shape index (κ3) is 4.73. The Morgan fingerprint density at radius 1 is 0.531 bits per heavy atom. The van der Waals surface area contributed by atoms with E-state index in [0.29, 0.717) is 0 Å². The van der Waals surface area contributed by atoms with Crippen LogP contribution in [0, 0.1) is 0 Å². The summed E-state index contributed by atoms with van der Waals surface area (Å²) in [6.07, 6.45) is 4.60. The van der Waals surface area contributed by atoms with Crippen LogP contribution in [0.3, 0.4) is 0 Å². The van der Waals surface area contributed by atoms with E-state index in [0.717, 1.165) is 13.1 Å². The molecular formula is C29H29BN2. The highest BCUT2D eigenvalue weighted by atomic mass is 14.9. The first kappa shape index (κ1) is 21.4. The van der Waals surface area contributed by atoms with E-state index in [4.69, 9.17) is 0 Å². The molecule has 0 radical (unpaired) electrons. The van der Waals surface area contributed by atoms with Crippen LogP contribution in [0.4, 0.5) is 0 Å². The third-order valence-corrected chi connectivity index (χ3v) is 6.04. The van der Waals surface area contributed by atoms with Gasteiger partial charge in [-0.15, -0.1) is 0 Å². The number of allylic oxidation sites excluding steroid dienone is 1. The predicted molar refractivity (Wildman–Crippen MR) is 139 cm³/mol. The monoisotopic (exact) mass is 416 g/mol. The van der Waals surface area contributed by atoms with Crippen molar-refractivity contribution in [2.24, 2.45) is 0 Å². The van der Waals surface area contributed by atoms with E-state index < -0.39 is 6.15 Å². The molecule has 4 aromatic rings. The predicted octanol–water partition coefficient (Wildman–Crippen LogP) is 1.32. The molecule has 1 aliphatic rings. The molecule has 2 N–H and O–H groups in total. The van der Waals surface area contributed by atoms with Crippen molar-refractivity contribution >= 4 is 34.2 Å². The lowest BCUT2D eigenvalue weighted by Gasteiger charge is -2.44. The van der Waals surface area contributed by atoms with E-state index >= 15 is 0 Å². The Balaban J connectivity index is 0.000000300. The molecule has 0 aliphatic carbocycles. The Morgan fingerprint density at radius 3 is 1.28 bits per heavy atom. The first-order chi connectivity index (χ1) is 15.9.